The molecule has 5 rings (SSSR count). The standard InChI is InChI=1S/C23H17N3O3S/c1-28-17-9-7-16(8-10-17)20-11-18-22(30-20)23(27)26(14-25-18)13-21-24-12-19(29-21)15-5-3-2-4-6-15/h2-12,14H,13H2,1H3. The zero-order valence-corrected chi connectivity index (χ0v) is 16.9. The van der Waals surface area contributed by atoms with Crippen LogP contribution in [0.1, 0.15) is 5.89 Å². The predicted molar refractivity (Wildman–Crippen MR) is 117 cm³/mol. The Kier molecular flexibility index (Phi) is 4.65. The molecule has 0 saturated carbocycles. The summed E-state index contributed by atoms with van der Waals surface area (Å²) in [5.74, 6) is 1.93. The molecular weight excluding hydrogens is 398 g/mol. The molecule has 30 heavy (non-hydrogen) atoms. The quantitative estimate of drug-likeness (QED) is 0.411. The summed E-state index contributed by atoms with van der Waals surface area (Å²) in [7, 11) is 1.64. The molecule has 0 radical (unpaired) electrons. The van der Waals surface area contributed by atoms with E-state index in [-0.39, 0.29) is 12.1 Å². The first-order valence-electron chi connectivity index (χ1n) is 9.35. The lowest BCUT2D eigenvalue weighted by molar-refractivity contribution is 0.415. The average Bonchev–Trinajstić information content (AvgIpc) is 3.44. The monoisotopic (exact) mass is 415 g/mol. The topological polar surface area (TPSA) is 70.2 Å². The smallest absolute Gasteiger partial charge is 0.271 e. The van der Waals surface area contributed by atoms with E-state index in [1.54, 1.807) is 19.6 Å². The highest BCUT2D eigenvalue weighted by Gasteiger charge is 2.13. The Morgan fingerprint density at radius 2 is 1.83 bits per heavy atom. The van der Waals surface area contributed by atoms with Gasteiger partial charge in [0, 0.05) is 10.4 Å². The number of thiophene rings is 1. The molecule has 0 unspecified atom stereocenters. The van der Waals surface area contributed by atoms with Gasteiger partial charge in [-0.3, -0.25) is 9.36 Å². The predicted octanol–water partition coefficient (Wildman–Crippen LogP) is 4.84. The summed E-state index contributed by atoms with van der Waals surface area (Å²) >= 11 is 1.43. The Labute approximate surface area is 176 Å². The number of hydrogen-bond acceptors (Lipinski definition) is 6. The Morgan fingerprint density at radius 1 is 1.03 bits per heavy atom. The number of benzene rings is 2. The molecule has 5 aromatic rings. The zero-order chi connectivity index (χ0) is 20.5. The van der Waals surface area contributed by atoms with Crippen molar-refractivity contribution in [3.63, 3.8) is 0 Å². The molecule has 0 saturated heterocycles. The van der Waals surface area contributed by atoms with Crippen molar-refractivity contribution in [2.45, 2.75) is 6.54 Å². The van der Waals surface area contributed by atoms with Crippen molar-refractivity contribution in [3.05, 3.63) is 89.4 Å². The van der Waals surface area contributed by atoms with E-state index in [9.17, 15) is 4.79 Å². The van der Waals surface area contributed by atoms with Gasteiger partial charge in [0.15, 0.2) is 5.76 Å². The zero-order valence-electron chi connectivity index (χ0n) is 16.1. The minimum absolute atomic E-state index is 0.107. The fourth-order valence-corrected chi connectivity index (χ4v) is 4.29. The molecule has 0 amide bonds. The highest BCUT2D eigenvalue weighted by Crippen LogP contribution is 2.31. The van der Waals surface area contributed by atoms with E-state index in [1.807, 2.05) is 60.7 Å². The van der Waals surface area contributed by atoms with E-state index < -0.39 is 0 Å². The molecule has 2 aromatic carbocycles. The lowest BCUT2D eigenvalue weighted by Gasteiger charge is -2.01. The Balaban J connectivity index is 1.45. The normalized spacial score (nSPS) is 11.1. The minimum Gasteiger partial charge on any atom is -0.497 e. The summed E-state index contributed by atoms with van der Waals surface area (Å²) in [5, 5.41) is 0. The van der Waals surface area contributed by atoms with E-state index >= 15 is 0 Å². The second-order valence-electron chi connectivity index (χ2n) is 6.72. The molecule has 0 aliphatic rings. The van der Waals surface area contributed by atoms with Gasteiger partial charge in [-0.15, -0.1) is 11.3 Å². The van der Waals surface area contributed by atoms with E-state index in [0.717, 1.165) is 21.8 Å². The first-order valence-corrected chi connectivity index (χ1v) is 10.2. The van der Waals surface area contributed by atoms with Crippen molar-refractivity contribution < 1.29 is 9.15 Å². The van der Waals surface area contributed by atoms with Gasteiger partial charge in [0.25, 0.3) is 5.56 Å². The molecule has 6 nitrogen and oxygen atoms in total. The average molecular weight is 415 g/mol. The minimum atomic E-state index is -0.107. The van der Waals surface area contributed by atoms with Crippen LogP contribution in [0.15, 0.2) is 82.4 Å². The molecule has 0 spiro atoms. The number of hydrogen-bond donors (Lipinski definition) is 0. The van der Waals surface area contributed by atoms with Gasteiger partial charge in [-0.1, -0.05) is 30.3 Å². The Bertz CT molecular complexity index is 1370. The van der Waals surface area contributed by atoms with Gasteiger partial charge in [-0.05, 0) is 35.9 Å². The summed E-state index contributed by atoms with van der Waals surface area (Å²) < 4.78 is 13.2. The number of fused-ring (bicyclic) bond motifs is 1. The lowest BCUT2D eigenvalue weighted by Crippen LogP contribution is -2.20. The van der Waals surface area contributed by atoms with Crippen LogP contribution < -0.4 is 10.3 Å². The molecule has 0 atom stereocenters. The summed E-state index contributed by atoms with van der Waals surface area (Å²) in [5.41, 5.74) is 2.54. The van der Waals surface area contributed by atoms with Crippen LogP contribution >= 0.6 is 11.3 Å². The molecular formula is C23H17N3O3S. The maximum absolute atomic E-state index is 13.0. The molecule has 0 fully saturated rings. The fraction of sp³-hybridized carbons (Fsp3) is 0.0870. The maximum atomic E-state index is 13.0. The van der Waals surface area contributed by atoms with Crippen LogP contribution in [0.5, 0.6) is 5.75 Å². The summed E-state index contributed by atoms with van der Waals surface area (Å²) in [6.07, 6.45) is 3.22. The van der Waals surface area contributed by atoms with E-state index in [0.29, 0.717) is 21.9 Å². The van der Waals surface area contributed by atoms with Crippen LogP contribution in [-0.4, -0.2) is 21.6 Å². The highest BCUT2D eigenvalue weighted by atomic mass is 32.1. The molecule has 0 aliphatic heterocycles. The number of rotatable bonds is 5. The number of oxazole rings is 1. The number of nitrogens with zero attached hydrogens (tertiary/aromatic N) is 3. The molecule has 0 aliphatic carbocycles. The lowest BCUT2D eigenvalue weighted by atomic mass is 10.2. The summed E-state index contributed by atoms with van der Waals surface area (Å²) in [4.78, 5) is 22.8. The second kappa shape index (κ2) is 7.61. The third-order valence-corrected chi connectivity index (χ3v) is 5.96. The van der Waals surface area contributed by atoms with Crippen molar-refractivity contribution >= 4 is 21.6 Å². The van der Waals surface area contributed by atoms with Crippen LogP contribution in [0.4, 0.5) is 0 Å². The van der Waals surface area contributed by atoms with Crippen molar-refractivity contribution in [2.75, 3.05) is 7.11 Å². The molecule has 3 aromatic heterocycles. The van der Waals surface area contributed by atoms with Crippen LogP contribution in [0, 0.1) is 0 Å². The van der Waals surface area contributed by atoms with E-state index in [1.165, 1.54) is 15.9 Å². The van der Waals surface area contributed by atoms with Crippen molar-refractivity contribution in [1.29, 1.82) is 0 Å². The molecule has 0 N–H and O–H groups in total. The molecule has 7 heteroatoms. The first kappa shape index (κ1) is 18.3. The third kappa shape index (κ3) is 3.40. The molecule has 0 bridgehead atoms. The van der Waals surface area contributed by atoms with Crippen LogP contribution in [0.3, 0.4) is 0 Å². The summed E-state index contributed by atoms with van der Waals surface area (Å²) in [6, 6.07) is 19.4. The molecule has 3 heterocycles. The van der Waals surface area contributed by atoms with Gasteiger partial charge in [0.2, 0.25) is 5.89 Å². The maximum Gasteiger partial charge on any atom is 0.271 e. The number of methoxy groups -OCH3 is 1. The van der Waals surface area contributed by atoms with Gasteiger partial charge >= 0.3 is 0 Å². The fourth-order valence-electron chi connectivity index (χ4n) is 3.22. The van der Waals surface area contributed by atoms with Gasteiger partial charge in [0.05, 0.1) is 25.2 Å². The van der Waals surface area contributed by atoms with E-state index in [2.05, 4.69) is 9.97 Å². The van der Waals surface area contributed by atoms with Crippen molar-refractivity contribution in [3.8, 4) is 27.5 Å². The van der Waals surface area contributed by atoms with Gasteiger partial charge in [-0.25, -0.2) is 9.97 Å². The molecule has 148 valence electrons. The number of ether oxygens (including phenoxy) is 1. The second-order valence-corrected chi connectivity index (χ2v) is 7.77. The van der Waals surface area contributed by atoms with Crippen LogP contribution in [0.2, 0.25) is 0 Å². The van der Waals surface area contributed by atoms with Crippen LogP contribution in [0.25, 0.3) is 32.0 Å². The Morgan fingerprint density at radius 3 is 2.60 bits per heavy atom. The number of aromatic nitrogens is 3. The Hall–Kier alpha value is -3.71. The van der Waals surface area contributed by atoms with Gasteiger partial charge in [0.1, 0.15) is 17.0 Å². The highest BCUT2D eigenvalue weighted by molar-refractivity contribution is 7.22. The van der Waals surface area contributed by atoms with Crippen molar-refractivity contribution in [1.82, 2.24) is 14.5 Å². The third-order valence-electron chi connectivity index (χ3n) is 4.80. The van der Waals surface area contributed by atoms with Gasteiger partial charge < -0.3 is 9.15 Å². The summed E-state index contributed by atoms with van der Waals surface area (Å²) in [6.45, 7) is 0.227. The first-order chi connectivity index (χ1) is 14.7. The van der Waals surface area contributed by atoms with Crippen LogP contribution in [-0.2, 0) is 6.54 Å². The largest absolute Gasteiger partial charge is 0.497 e. The van der Waals surface area contributed by atoms with E-state index in [4.69, 9.17) is 9.15 Å². The van der Waals surface area contributed by atoms with Crippen molar-refractivity contribution in [2.24, 2.45) is 0 Å². The van der Waals surface area contributed by atoms with Gasteiger partial charge in [-0.2, -0.15) is 0 Å². The SMILES string of the molecule is COc1ccc(-c2cc3ncn(Cc4ncc(-c5ccccc5)o4)c(=O)c3s2)cc1.